The molecule has 1 aliphatic rings. The second-order valence-electron chi connectivity index (χ2n) is 5.88. The highest BCUT2D eigenvalue weighted by Gasteiger charge is 2.31. The van der Waals surface area contributed by atoms with Gasteiger partial charge < -0.3 is 4.74 Å². The van der Waals surface area contributed by atoms with Gasteiger partial charge >= 0.3 is 5.97 Å². The van der Waals surface area contributed by atoms with Gasteiger partial charge in [-0.25, -0.2) is 13.2 Å². The lowest BCUT2D eigenvalue weighted by Crippen LogP contribution is -2.29. The smallest absolute Gasteiger partial charge is 0.338 e. The largest absolute Gasteiger partial charge is 0.462 e. The molecule has 3 rings (SSSR count). The fourth-order valence-corrected chi connectivity index (χ4v) is 4.42. The van der Waals surface area contributed by atoms with Gasteiger partial charge in [0.05, 0.1) is 28.8 Å². The van der Waals surface area contributed by atoms with Crippen LogP contribution >= 0.6 is 0 Å². The van der Waals surface area contributed by atoms with Gasteiger partial charge in [-0.3, -0.25) is 4.31 Å². The summed E-state index contributed by atoms with van der Waals surface area (Å²) in [6.07, 6.45) is 1.41. The van der Waals surface area contributed by atoms with E-state index in [1.807, 2.05) is 24.3 Å². The number of hydrogen-bond donors (Lipinski definition) is 0. The summed E-state index contributed by atoms with van der Waals surface area (Å²) in [6, 6.07) is 15.2. The van der Waals surface area contributed by atoms with Crippen LogP contribution in [0.3, 0.4) is 0 Å². The highest BCUT2D eigenvalue weighted by molar-refractivity contribution is 7.92. The molecule has 134 valence electrons. The van der Waals surface area contributed by atoms with Crippen molar-refractivity contribution in [1.29, 1.82) is 5.26 Å². The number of ether oxygens (including phenoxy) is 1. The molecule has 0 aromatic heterocycles. The Morgan fingerprint density at radius 1 is 1.19 bits per heavy atom. The Balaban J connectivity index is 1.82. The first-order valence-corrected chi connectivity index (χ1v) is 9.73. The van der Waals surface area contributed by atoms with Crippen LogP contribution in [0.4, 0.5) is 5.69 Å². The van der Waals surface area contributed by atoms with Crippen LogP contribution in [-0.4, -0.2) is 27.5 Å². The van der Waals surface area contributed by atoms with Crippen LogP contribution in [0, 0.1) is 11.3 Å². The quantitative estimate of drug-likeness (QED) is 0.576. The summed E-state index contributed by atoms with van der Waals surface area (Å²) in [7, 11) is -3.75. The molecule has 0 saturated heterocycles. The van der Waals surface area contributed by atoms with E-state index in [2.05, 4.69) is 0 Å². The first kappa shape index (κ1) is 18.0. The van der Waals surface area contributed by atoms with Crippen LogP contribution < -0.4 is 4.31 Å². The standard InChI is InChI=1S/C19H18N2O4S/c20-11-3-4-13-25-19(22)16-7-5-8-17(14-16)26(23,24)21-12-10-15-6-1-2-9-18(15)21/h1-2,5-9,14H,3-4,10,12-13H2. The number of anilines is 1. The first-order chi connectivity index (χ1) is 12.5. The Kier molecular flexibility index (Phi) is 5.24. The molecule has 0 amide bonds. The van der Waals surface area contributed by atoms with Gasteiger partial charge in [-0.05, 0) is 42.7 Å². The summed E-state index contributed by atoms with van der Waals surface area (Å²) in [6.45, 7) is 0.507. The van der Waals surface area contributed by atoms with Crippen molar-refractivity contribution in [3.8, 4) is 6.07 Å². The van der Waals surface area contributed by atoms with E-state index in [1.165, 1.54) is 28.6 Å². The van der Waals surface area contributed by atoms with E-state index in [9.17, 15) is 13.2 Å². The van der Waals surface area contributed by atoms with Crippen molar-refractivity contribution in [3.63, 3.8) is 0 Å². The molecule has 26 heavy (non-hydrogen) atoms. The highest BCUT2D eigenvalue weighted by Crippen LogP contribution is 2.32. The number of fused-ring (bicyclic) bond motifs is 1. The normalized spacial score (nSPS) is 13.1. The summed E-state index contributed by atoms with van der Waals surface area (Å²) < 4.78 is 32.5. The molecule has 7 heteroatoms. The van der Waals surface area contributed by atoms with Crippen LogP contribution in [0.25, 0.3) is 0 Å². The molecule has 0 atom stereocenters. The van der Waals surface area contributed by atoms with Gasteiger partial charge in [0.1, 0.15) is 0 Å². The fraction of sp³-hybridized carbons (Fsp3) is 0.263. The molecule has 2 aromatic carbocycles. The number of esters is 1. The molecule has 1 aliphatic heterocycles. The zero-order valence-corrected chi connectivity index (χ0v) is 14.9. The molecule has 6 nitrogen and oxygen atoms in total. The number of carbonyl (C=O) groups is 1. The second-order valence-corrected chi connectivity index (χ2v) is 7.74. The van der Waals surface area contributed by atoms with Crippen molar-refractivity contribution >= 4 is 21.7 Å². The van der Waals surface area contributed by atoms with E-state index in [0.29, 0.717) is 31.5 Å². The van der Waals surface area contributed by atoms with E-state index >= 15 is 0 Å². The lowest BCUT2D eigenvalue weighted by atomic mass is 10.2. The maximum atomic E-state index is 13.0. The summed E-state index contributed by atoms with van der Waals surface area (Å²) >= 11 is 0. The van der Waals surface area contributed by atoms with Crippen LogP contribution in [0.5, 0.6) is 0 Å². The summed E-state index contributed by atoms with van der Waals surface area (Å²) in [4.78, 5) is 12.1. The van der Waals surface area contributed by atoms with E-state index in [1.54, 1.807) is 6.07 Å². The number of nitrogens with zero attached hydrogens (tertiary/aromatic N) is 2. The average Bonchev–Trinajstić information content (AvgIpc) is 3.10. The number of nitriles is 1. The zero-order valence-electron chi connectivity index (χ0n) is 14.1. The number of hydrogen-bond acceptors (Lipinski definition) is 5. The third kappa shape index (κ3) is 3.55. The van der Waals surface area contributed by atoms with E-state index in [-0.39, 0.29) is 17.1 Å². The molecule has 0 fully saturated rings. The number of carbonyl (C=O) groups excluding carboxylic acids is 1. The molecule has 0 saturated carbocycles. The molecule has 2 aromatic rings. The van der Waals surface area contributed by atoms with Crippen LogP contribution in [0.15, 0.2) is 53.4 Å². The van der Waals surface area contributed by atoms with Crippen molar-refractivity contribution in [1.82, 2.24) is 0 Å². The highest BCUT2D eigenvalue weighted by atomic mass is 32.2. The van der Waals surface area contributed by atoms with Crippen molar-refractivity contribution < 1.29 is 17.9 Å². The lowest BCUT2D eigenvalue weighted by Gasteiger charge is -2.19. The number of para-hydroxylation sites is 1. The molecule has 0 aliphatic carbocycles. The SMILES string of the molecule is N#CCCCOC(=O)c1cccc(S(=O)(=O)N2CCc3ccccc32)c1. The monoisotopic (exact) mass is 370 g/mol. The molecular formula is C19H18N2O4S. The topological polar surface area (TPSA) is 87.5 Å². The van der Waals surface area contributed by atoms with Crippen LogP contribution in [0.2, 0.25) is 0 Å². The Morgan fingerprint density at radius 2 is 2.00 bits per heavy atom. The van der Waals surface area contributed by atoms with Gasteiger partial charge in [-0.2, -0.15) is 5.26 Å². The van der Waals surface area contributed by atoms with Crippen molar-refractivity contribution in [2.45, 2.75) is 24.2 Å². The van der Waals surface area contributed by atoms with Crippen molar-refractivity contribution in [3.05, 3.63) is 59.7 Å². The number of unbranched alkanes of at least 4 members (excludes halogenated alkanes) is 1. The maximum Gasteiger partial charge on any atom is 0.338 e. The van der Waals surface area contributed by atoms with Gasteiger partial charge in [0.25, 0.3) is 10.0 Å². The van der Waals surface area contributed by atoms with Gasteiger partial charge in [0, 0.05) is 13.0 Å². The minimum absolute atomic E-state index is 0.0562. The molecule has 0 radical (unpaired) electrons. The van der Waals surface area contributed by atoms with Crippen LogP contribution in [-0.2, 0) is 21.2 Å². The second kappa shape index (κ2) is 7.58. The van der Waals surface area contributed by atoms with Crippen LogP contribution in [0.1, 0.15) is 28.8 Å². The third-order valence-electron chi connectivity index (χ3n) is 4.17. The van der Waals surface area contributed by atoms with E-state index in [4.69, 9.17) is 10.00 Å². The predicted molar refractivity (Wildman–Crippen MR) is 96.2 cm³/mol. The molecule has 0 N–H and O–H groups in total. The third-order valence-corrected chi connectivity index (χ3v) is 5.98. The summed E-state index contributed by atoms with van der Waals surface area (Å²) in [5, 5.41) is 8.49. The first-order valence-electron chi connectivity index (χ1n) is 8.29. The molecule has 0 unspecified atom stereocenters. The van der Waals surface area contributed by atoms with Gasteiger partial charge in [-0.15, -0.1) is 0 Å². The van der Waals surface area contributed by atoms with Crippen molar-refractivity contribution in [2.75, 3.05) is 17.5 Å². The minimum Gasteiger partial charge on any atom is -0.462 e. The van der Waals surface area contributed by atoms with Crippen molar-refractivity contribution in [2.24, 2.45) is 0 Å². The molecule has 0 bridgehead atoms. The summed E-state index contributed by atoms with van der Waals surface area (Å²) in [5.74, 6) is -0.596. The van der Waals surface area contributed by atoms with E-state index in [0.717, 1.165) is 5.56 Å². The lowest BCUT2D eigenvalue weighted by molar-refractivity contribution is 0.0501. The molecule has 1 heterocycles. The fourth-order valence-electron chi connectivity index (χ4n) is 2.87. The zero-order chi connectivity index (χ0) is 18.6. The summed E-state index contributed by atoms with van der Waals surface area (Å²) in [5.41, 5.74) is 1.84. The Hall–Kier alpha value is -2.85. The van der Waals surface area contributed by atoms with Gasteiger partial charge in [-0.1, -0.05) is 24.3 Å². The number of rotatable bonds is 6. The van der Waals surface area contributed by atoms with Gasteiger partial charge in [0.2, 0.25) is 0 Å². The van der Waals surface area contributed by atoms with E-state index < -0.39 is 16.0 Å². The van der Waals surface area contributed by atoms with Gasteiger partial charge in [0.15, 0.2) is 0 Å². The molecule has 0 spiro atoms. The minimum atomic E-state index is -3.75. The number of benzene rings is 2. The Labute approximate surface area is 152 Å². The maximum absolute atomic E-state index is 13.0. The molecular weight excluding hydrogens is 352 g/mol. The average molecular weight is 370 g/mol. The Bertz CT molecular complexity index is 963. The number of sulfonamides is 1. The Morgan fingerprint density at radius 3 is 2.81 bits per heavy atom. The predicted octanol–water partition coefficient (Wildman–Crippen LogP) is 2.90.